The van der Waals surface area contributed by atoms with Crippen LogP contribution in [0, 0.1) is 5.92 Å². The van der Waals surface area contributed by atoms with Gasteiger partial charge in [0.2, 0.25) is 11.8 Å². The monoisotopic (exact) mass is 240 g/mol. The Labute approximate surface area is 104 Å². The van der Waals surface area contributed by atoms with E-state index in [1.54, 1.807) is 18.7 Å². The second-order valence-electron chi connectivity index (χ2n) is 5.44. The van der Waals surface area contributed by atoms with Crippen molar-refractivity contribution < 1.29 is 9.59 Å². The summed E-state index contributed by atoms with van der Waals surface area (Å²) in [6, 6.07) is -0.305. The molecule has 2 unspecified atom stereocenters. The quantitative estimate of drug-likeness (QED) is 0.810. The molecule has 0 spiro atoms. The Kier molecular flexibility index (Phi) is 4.17. The summed E-state index contributed by atoms with van der Waals surface area (Å²) in [5.74, 6) is 0.211. The van der Waals surface area contributed by atoms with E-state index in [-0.39, 0.29) is 23.8 Å². The van der Waals surface area contributed by atoms with Crippen LogP contribution in [0.15, 0.2) is 0 Å². The van der Waals surface area contributed by atoms with Gasteiger partial charge < -0.3 is 10.2 Å². The summed E-state index contributed by atoms with van der Waals surface area (Å²) in [7, 11) is 0. The topological polar surface area (TPSA) is 49.4 Å². The number of carbonyl (C=O) groups excluding carboxylic acids is 2. The van der Waals surface area contributed by atoms with Crippen molar-refractivity contribution in [1.29, 1.82) is 0 Å². The van der Waals surface area contributed by atoms with Gasteiger partial charge in [-0.2, -0.15) is 0 Å². The first-order valence-electron chi connectivity index (χ1n) is 6.48. The van der Waals surface area contributed by atoms with E-state index in [2.05, 4.69) is 5.32 Å². The molecule has 0 bridgehead atoms. The van der Waals surface area contributed by atoms with Gasteiger partial charge in [-0.3, -0.25) is 9.59 Å². The molecule has 0 aromatic heterocycles. The molecule has 2 amide bonds. The molecule has 1 aliphatic rings. The van der Waals surface area contributed by atoms with E-state index in [0.717, 1.165) is 12.8 Å². The number of carbonyl (C=O) groups is 2. The Hall–Kier alpha value is -1.06. The van der Waals surface area contributed by atoms with Crippen LogP contribution >= 0.6 is 0 Å². The van der Waals surface area contributed by atoms with Crippen LogP contribution in [0.1, 0.15) is 47.5 Å². The highest BCUT2D eigenvalue weighted by molar-refractivity contribution is 5.99. The Morgan fingerprint density at radius 1 is 1.35 bits per heavy atom. The van der Waals surface area contributed by atoms with Crippen molar-refractivity contribution in [3.05, 3.63) is 0 Å². The van der Waals surface area contributed by atoms with Crippen LogP contribution in [0.2, 0.25) is 0 Å². The number of amides is 2. The summed E-state index contributed by atoms with van der Waals surface area (Å²) in [4.78, 5) is 26.2. The highest BCUT2D eigenvalue weighted by Gasteiger charge is 2.46. The molecule has 1 rings (SSSR count). The van der Waals surface area contributed by atoms with Crippen molar-refractivity contribution >= 4 is 11.8 Å². The van der Waals surface area contributed by atoms with Crippen LogP contribution in [0.25, 0.3) is 0 Å². The zero-order valence-electron chi connectivity index (χ0n) is 11.5. The fourth-order valence-corrected chi connectivity index (χ4v) is 2.33. The van der Waals surface area contributed by atoms with Crippen LogP contribution in [-0.2, 0) is 9.59 Å². The summed E-state index contributed by atoms with van der Waals surface area (Å²) < 4.78 is 0. The van der Waals surface area contributed by atoms with Crippen molar-refractivity contribution in [3.8, 4) is 0 Å². The third kappa shape index (κ3) is 2.61. The van der Waals surface area contributed by atoms with Crippen molar-refractivity contribution in [2.75, 3.05) is 6.54 Å². The molecule has 1 aliphatic heterocycles. The molecule has 0 aromatic carbocycles. The fourth-order valence-electron chi connectivity index (χ4n) is 2.33. The van der Waals surface area contributed by atoms with Gasteiger partial charge in [-0.05, 0) is 26.2 Å². The maximum Gasteiger partial charge on any atom is 0.248 e. The minimum Gasteiger partial charge on any atom is -0.340 e. The molecule has 1 N–H and O–H groups in total. The van der Waals surface area contributed by atoms with Crippen molar-refractivity contribution in [3.63, 3.8) is 0 Å². The average Bonchev–Trinajstić information content (AvgIpc) is 2.24. The van der Waals surface area contributed by atoms with E-state index in [0.29, 0.717) is 6.54 Å². The maximum absolute atomic E-state index is 12.3. The molecular weight excluding hydrogens is 216 g/mol. The number of hydrogen-bond donors (Lipinski definition) is 1. The molecule has 17 heavy (non-hydrogen) atoms. The van der Waals surface area contributed by atoms with Gasteiger partial charge in [-0.1, -0.05) is 27.2 Å². The lowest BCUT2D eigenvalue weighted by Gasteiger charge is -2.44. The summed E-state index contributed by atoms with van der Waals surface area (Å²) in [5.41, 5.74) is -0.768. The van der Waals surface area contributed by atoms with Crippen LogP contribution < -0.4 is 5.32 Å². The SMILES string of the molecule is CCCN1C(=O)C(C)(C)NC(=O)C1C(C)CC. The van der Waals surface area contributed by atoms with Gasteiger partial charge in [0.15, 0.2) is 0 Å². The first-order chi connectivity index (χ1) is 7.85. The molecule has 98 valence electrons. The maximum atomic E-state index is 12.3. The minimum absolute atomic E-state index is 0.0163. The Morgan fingerprint density at radius 2 is 1.94 bits per heavy atom. The minimum atomic E-state index is -0.768. The van der Waals surface area contributed by atoms with E-state index in [9.17, 15) is 9.59 Å². The van der Waals surface area contributed by atoms with E-state index in [1.165, 1.54) is 0 Å². The fraction of sp³-hybridized carbons (Fsp3) is 0.846. The molecule has 2 atom stereocenters. The number of nitrogens with one attached hydrogen (secondary N) is 1. The van der Waals surface area contributed by atoms with Gasteiger partial charge >= 0.3 is 0 Å². The number of rotatable bonds is 4. The normalized spacial score (nSPS) is 25.7. The number of hydrogen-bond acceptors (Lipinski definition) is 2. The molecule has 1 saturated heterocycles. The predicted molar refractivity (Wildman–Crippen MR) is 67.5 cm³/mol. The molecule has 0 aromatic rings. The molecular formula is C13H24N2O2. The third-order valence-electron chi connectivity index (χ3n) is 3.48. The van der Waals surface area contributed by atoms with Gasteiger partial charge in [0.05, 0.1) is 0 Å². The van der Waals surface area contributed by atoms with Crippen LogP contribution in [0.5, 0.6) is 0 Å². The van der Waals surface area contributed by atoms with Gasteiger partial charge in [0.1, 0.15) is 11.6 Å². The molecule has 4 heteroatoms. The Morgan fingerprint density at radius 3 is 2.41 bits per heavy atom. The van der Waals surface area contributed by atoms with Crippen LogP contribution in [0.4, 0.5) is 0 Å². The molecule has 4 nitrogen and oxygen atoms in total. The number of nitrogens with zero attached hydrogens (tertiary/aromatic N) is 1. The highest BCUT2D eigenvalue weighted by atomic mass is 16.2. The highest BCUT2D eigenvalue weighted by Crippen LogP contribution is 2.24. The second kappa shape index (κ2) is 5.07. The molecule has 0 radical (unpaired) electrons. The lowest BCUT2D eigenvalue weighted by molar-refractivity contribution is -0.155. The Bertz CT molecular complexity index is 313. The first kappa shape index (κ1) is 14.0. The molecule has 1 heterocycles. The molecule has 0 saturated carbocycles. The van der Waals surface area contributed by atoms with Gasteiger partial charge in [-0.25, -0.2) is 0 Å². The van der Waals surface area contributed by atoms with Crippen LogP contribution in [-0.4, -0.2) is 34.8 Å². The van der Waals surface area contributed by atoms with Crippen molar-refractivity contribution in [1.82, 2.24) is 10.2 Å². The van der Waals surface area contributed by atoms with Gasteiger partial charge in [-0.15, -0.1) is 0 Å². The lowest BCUT2D eigenvalue weighted by atomic mass is 9.89. The van der Waals surface area contributed by atoms with E-state index < -0.39 is 5.54 Å². The average molecular weight is 240 g/mol. The number of piperazine rings is 1. The van der Waals surface area contributed by atoms with Gasteiger partial charge in [0, 0.05) is 6.54 Å². The smallest absolute Gasteiger partial charge is 0.248 e. The van der Waals surface area contributed by atoms with E-state index >= 15 is 0 Å². The zero-order chi connectivity index (χ0) is 13.2. The summed E-state index contributed by atoms with van der Waals surface area (Å²) in [5, 5.41) is 2.83. The van der Waals surface area contributed by atoms with E-state index in [4.69, 9.17) is 0 Å². The summed E-state index contributed by atoms with van der Waals surface area (Å²) in [6.07, 6.45) is 1.77. The molecule has 0 aliphatic carbocycles. The standard InChI is InChI=1S/C13H24N2O2/c1-6-8-15-10(9(3)7-2)11(16)14-13(4,5)12(15)17/h9-10H,6-8H2,1-5H3,(H,14,16). The second-order valence-corrected chi connectivity index (χ2v) is 5.44. The van der Waals surface area contributed by atoms with Crippen molar-refractivity contribution in [2.45, 2.75) is 59.0 Å². The third-order valence-corrected chi connectivity index (χ3v) is 3.48. The molecule has 1 fully saturated rings. The van der Waals surface area contributed by atoms with Crippen LogP contribution in [0.3, 0.4) is 0 Å². The Balaban J connectivity index is 3.02. The largest absolute Gasteiger partial charge is 0.340 e. The van der Waals surface area contributed by atoms with E-state index in [1.807, 2.05) is 20.8 Å². The summed E-state index contributed by atoms with van der Waals surface area (Å²) >= 11 is 0. The van der Waals surface area contributed by atoms with Crippen molar-refractivity contribution in [2.24, 2.45) is 5.92 Å². The lowest BCUT2D eigenvalue weighted by Crippen LogP contribution is -2.69. The predicted octanol–water partition coefficient (Wildman–Crippen LogP) is 1.55. The van der Waals surface area contributed by atoms with Gasteiger partial charge in [0.25, 0.3) is 0 Å². The first-order valence-corrected chi connectivity index (χ1v) is 6.48. The summed E-state index contributed by atoms with van der Waals surface area (Å²) in [6.45, 7) is 10.3. The zero-order valence-corrected chi connectivity index (χ0v) is 11.5.